The van der Waals surface area contributed by atoms with Crippen LogP contribution < -0.4 is 14.8 Å². The van der Waals surface area contributed by atoms with E-state index in [1.807, 2.05) is 38.1 Å². The number of rotatable bonds is 7. The van der Waals surface area contributed by atoms with Gasteiger partial charge in [-0.2, -0.15) is 0 Å². The second-order valence-corrected chi connectivity index (χ2v) is 8.18. The Bertz CT molecular complexity index is 1180. The van der Waals surface area contributed by atoms with Crippen molar-refractivity contribution in [2.24, 2.45) is 4.99 Å². The molecule has 0 aliphatic heterocycles. The van der Waals surface area contributed by atoms with Crippen molar-refractivity contribution in [2.75, 3.05) is 19.0 Å². The summed E-state index contributed by atoms with van der Waals surface area (Å²) in [6, 6.07) is 14.8. The number of nitrogens with zero attached hydrogens (tertiary/aromatic N) is 1. The molecule has 32 heavy (non-hydrogen) atoms. The fourth-order valence-corrected chi connectivity index (χ4v) is 3.37. The highest BCUT2D eigenvalue weighted by molar-refractivity contribution is 6.32. The van der Waals surface area contributed by atoms with Crippen molar-refractivity contribution < 1.29 is 14.3 Å². The van der Waals surface area contributed by atoms with Crippen LogP contribution in [0, 0.1) is 20.8 Å². The van der Waals surface area contributed by atoms with Crippen molar-refractivity contribution in [1.82, 2.24) is 0 Å². The summed E-state index contributed by atoms with van der Waals surface area (Å²) in [5, 5.41) is 3.63. The van der Waals surface area contributed by atoms with Crippen LogP contribution in [-0.4, -0.2) is 25.8 Å². The number of benzene rings is 3. The molecule has 0 aromatic heterocycles. The number of aryl methyl sites for hydroxylation is 3. The summed E-state index contributed by atoms with van der Waals surface area (Å²) >= 11 is 12.5. The number of halogens is 2. The molecule has 1 N–H and O–H groups in total. The SMILES string of the molecule is COc1cc(C=Nc2ccc(C)c(C)c2)cc(Cl)c1OCC(=O)Nc1ccc(C)c(Cl)c1. The lowest BCUT2D eigenvalue weighted by atomic mass is 10.1. The normalized spacial score (nSPS) is 10.9. The van der Waals surface area contributed by atoms with Gasteiger partial charge in [0.2, 0.25) is 0 Å². The Morgan fingerprint density at radius 1 is 0.969 bits per heavy atom. The summed E-state index contributed by atoms with van der Waals surface area (Å²) < 4.78 is 11.1. The predicted octanol–water partition coefficient (Wildman–Crippen LogP) is 6.70. The van der Waals surface area contributed by atoms with E-state index in [0.29, 0.717) is 21.5 Å². The molecule has 0 heterocycles. The molecular weight excluding hydrogens is 447 g/mol. The van der Waals surface area contributed by atoms with Crippen LogP contribution in [0.3, 0.4) is 0 Å². The van der Waals surface area contributed by atoms with Crippen LogP contribution in [0.1, 0.15) is 22.3 Å². The molecule has 0 saturated heterocycles. The highest BCUT2D eigenvalue weighted by Gasteiger charge is 2.14. The summed E-state index contributed by atoms with van der Waals surface area (Å²) in [6.45, 7) is 5.76. The van der Waals surface area contributed by atoms with Gasteiger partial charge in [0.15, 0.2) is 18.1 Å². The van der Waals surface area contributed by atoms with Gasteiger partial charge in [0, 0.05) is 16.9 Å². The third kappa shape index (κ3) is 6.02. The van der Waals surface area contributed by atoms with E-state index in [9.17, 15) is 4.79 Å². The number of hydrogen-bond acceptors (Lipinski definition) is 4. The van der Waals surface area contributed by atoms with Gasteiger partial charge < -0.3 is 14.8 Å². The first-order valence-electron chi connectivity index (χ1n) is 9.94. The van der Waals surface area contributed by atoms with E-state index in [1.54, 1.807) is 30.5 Å². The van der Waals surface area contributed by atoms with Crippen molar-refractivity contribution in [3.05, 3.63) is 80.8 Å². The minimum atomic E-state index is -0.344. The molecule has 0 unspecified atom stereocenters. The minimum Gasteiger partial charge on any atom is -0.493 e. The van der Waals surface area contributed by atoms with E-state index >= 15 is 0 Å². The van der Waals surface area contributed by atoms with Gasteiger partial charge in [-0.15, -0.1) is 0 Å². The van der Waals surface area contributed by atoms with E-state index in [1.165, 1.54) is 18.2 Å². The van der Waals surface area contributed by atoms with Gasteiger partial charge in [-0.3, -0.25) is 9.79 Å². The number of aliphatic imine (C=N–C) groups is 1. The van der Waals surface area contributed by atoms with Crippen LogP contribution >= 0.6 is 23.2 Å². The third-order valence-corrected chi connectivity index (χ3v) is 5.60. The average Bonchev–Trinajstić information content (AvgIpc) is 2.76. The van der Waals surface area contributed by atoms with Gasteiger partial charge in [-0.1, -0.05) is 35.3 Å². The molecule has 3 rings (SSSR count). The van der Waals surface area contributed by atoms with Crippen LogP contribution in [0.5, 0.6) is 11.5 Å². The number of anilines is 1. The highest BCUT2D eigenvalue weighted by atomic mass is 35.5. The van der Waals surface area contributed by atoms with Crippen LogP contribution in [-0.2, 0) is 4.79 Å². The van der Waals surface area contributed by atoms with E-state index in [-0.39, 0.29) is 18.3 Å². The second kappa shape index (κ2) is 10.5. The monoisotopic (exact) mass is 470 g/mol. The highest BCUT2D eigenvalue weighted by Crippen LogP contribution is 2.36. The van der Waals surface area contributed by atoms with Crippen molar-refractivity contribution in [1.29, 1.82) is 0 Å². The quantitative estimate of drug-likeness (QED) is 0.391. The zero-order valence-electron chi connectivity index (χ0n) is 18.3. The van der Waals surface area contributed by atoms with E-state index in [2.05, 4.69) is 17.2 Å². The summed E-state index contributed by atoms with van der Waals surface area (Å²) in [5.41, 5.74) is 5.49. The number of nitrogens with one attached hydrogen (secondary N) is 1. The van der Waals surface area contributed by atoms with E-state index in [4.69, 9.17) is 32.7 Å². The van der Waals surface area contributed by atoms with Gasteiger partial charge in [-0.25, -0.2) is 0 Å². The summed E-state index contributed by atoms with van der Waals surface area (Å²) in [7, 11) is 1.51. The third-order valence-electron chi connectivity index (χ3n) is 4.91. The standard InChI is InChI=1S/C25H24Cl2N2O3/c1-15-5-7-19(9-17(15)3)28-13-18-10-22(27)25(23(11-18)31-4)32-14-24(30)29-20-8-6-16(2)21(26)12-20/h5-13H,14H2,1-4H3,(H,29,30). The zero-order chi connectivity index (χ0) is 23.3. The van der Waals surface area contributed by atoms with E-state index in [0.717, 1.165) is 16.8 Å². The Kier molecular flexibility index (Phi) is 7.78. The topological polar surface area (TPSA) is 59.9 Å². The Balaban J connectivity index is 1.70. The Morgan fingerprint density at radius 2 is 1.72 bits per heavy atom. The molecule has 0 fully saturated rings. The number of carbonyl (C=O) groups is 1. The minimum absolute atomic E-state index is 0.238. The fourth-order valence-electron chi connectivity index (χ4n) is 2.91. The lowest BCUT2D eigenvalue weighted by molar-refractivity contribution is -0.118. The van der Waals surface area contributed by atoms with Gasteiger partial charge in [-0.05, 0) is 79.4 Å². The van der Waals surface area contributed by atoms with Gasteiger partial charge in [0.05, 0.1) is 17.8 Å². The van der Waals surface area contributed by atoms with Crippen molar-refractivity contribution in [3.63, 3.8) is 0 Å². The van der Waals surface area contributed by atoms with Crippen LogP contribution in [0.4, 0.5) is 11.4 Å². The number of methoxy groups -OCH3 is 1. The predicted molar refractivity (Wildman–Crippen MR) is 131 cm³/mol. The summed E-state index contributed by atoms with van der Waals surface area (Å²) in [5.74, 6) is 0.350. The molecule has 3 aromatic carbocycles. The molecule has 0 saturated carbocycles. The lowest BCUT2D eigenvalue weighted by Crippen LogP contribution is -2.20. The molecular formula is C25H24Cl2N2O3. The zero-order valence-corrected chi connectivity index (χ0v) is 19.8. The maximum Gasteiger partial charge on any atom is 0.262 e. The van der Waals surface area contributed by atoms with Crippen LogP contribution in [0.15, 0.2) is 53.5 Å². The number of hydrogen-bond donors (Lipinski definition) is 1. The Hall–Kier alpha value is -3.02. The largest absolute Gasteiger partial charge is 0.493 e. The Morgan fingerprint density at radius 3 is 2.41 bits per heavy atom. The van der Waals surface area contributed by atoms with Gasteiger partial charge in [0.1, 0.15) is 0 Å². The Labute approximate surface area is 198 Å². The first-order valence-corrected chi connectivity index (χ1v) is 10.7. The van der Waals surface area contributed by atoms with Gasteiger partial charge in [0.25, 0.3) is 5.91 Å². The summed E-state index contributed by atoms with van der Waals surface area (Å²) in [4.78, 5) is 16.8. The van der Waals surface area contributed by atoms with Crippen molar-refractivity contribution in [3.8, 4) is 11.5 Å². The molecule has 7 heteroatoms. The molecule has 3 aromatic rings. The maximum absolute atomic E-state index is 12.3. The number of carbonyl (C=O) groups excluding carboxylic acids is 1. The van der Waals surface area contributed by atoms with Crippen LogP contribution in [0.2, 0.25) is 10.0 Å². The lowest BCUT2D eigenvalue weighted by Gasteiger charge is -2.13. The first-order chi connectivity index (χ1) is 15.3. The summed E-state index contributed by atoms with van der Waals surface area (Å²) in [6.07, 6.45) is 1.70. The average molecular weight is 471 g/mol. The molecule has 0 aliphatic carbocycles. The van der Waals surface area contributed by atoms with Crippen molar-refractivity contribution >= 4 is 46.7 Å². The second-order valence-electron chi connectivity index (χ2n) is 7.36. The smallest absolute Gasteiger partial charge is 0.262 e. The fraction of sp³-hybridized carbons (Fsp3) is 0.200. The molecule has 1 amide bonds. The van der Waals surface area contributed by atoms with Gasteiger partial charge >= 0.3 is 0 Å². The number of amides is 1. The molecule has 0 spiro atoms. The molecule has 0 atom stereocenters. The molecule has 0 radical (unpaired) electrons. The van der Waals surface area contributed by atoms with E-state index < -0.39 is 0 Å². The molecule has 0 bridgehead atoms. The molecule has 0 aliphatic rings. The molecule has 5 nitrogen and oxygen atoms in total. The number of ether oxygens (including phenoxy) is 2. The maximum atomic E-state index is 12.3. The van der Waals surface area contributed by atoms with Crippen LogP contribution in [0.25, 0.3) is 0 Å². The van der Waals surface area contributed by atoms with Crippen molar-refractivity contribution in [2.45, 2.75) is 20.8 Å². The first kappa shape index (κ1) is 23.6. The molecule has 166 valence electrons.